The first kappa shape index (κ1) is 37.9. The zero-order chi connectivity index (χ0) is 31.3. The molecule has 0 saturated heterocycles. The Labute approximate surface area is 264 Å². The Morgan fingerprint density at radius 2 is 1.21 bits per heavy atom. The number of carbonyl (C=O) groups is 2. The molecule has 1 atom stereocenters. The molecule has 2 rings (SSSR count). The molecular formula is C34H52Cl2N2O4. The second kappa shape index (κ2) is 22.4. The van der Waals surface area contributed by atoms with E-state index in [-0.39, 0.29) is 17.7 Å². The number of para-hydroxylation sites is 2. The van der Waals surface area contributed by atoms with E-state index in [2.05, 4.69) is 58.9 Å². The summed E-state index contributed by atoms with van der Waals surface area (Å²) < 4.78 is 11.1. The lowest BCUT2D eigenvalue weighted by Crippen LogP contribution is -2.39. The first-order valence-electron chi connectivity index (χ1n) is 15.5. The second-order valence-corrected chi connectivity index (χ2v) is 10.7. The van der Waals surface area contributed by atoms with E-state index in [1.807, 2.05) is 25.1 Å². The van der Waals surface area contributed by atoms with Crippen LogP contribution in [-0.4, -0.2) is 62.6 Å². The molecule has 0 aliphatic rings. The fraction of sp³-hybridized carbons (Fsp3) is 0.588. The molecule has 1 unspecified atom stereocenters. The molecular weight excluding hydrogens is 571 g/mol. The van der Waals surface area contributed by atoms with Crippen LogP contribution in [0.1, 0.15) is 77.5 Å². The molecule has 0 aliphatic heterocycles. The molecule has 8 heteroatoms. The molecule has 0 fully saturated rings. The molecule has 42 heavy (non-hydrogen) atoms. The van der Waals surface area contributed by atoms with E-state index in [0.717, 1.165) is 62.3 Å². The highest BCUT2D eigenvalue weighted by Gasteiger charge is 2.24. The van der Waals surface area contributed by atoms with Crippen LogP contribution in [0.15, 0.2) is 42.5 Å². The highest BCUT2D eigenvalue weighted by atomic mass is 35.5. The number of carbonyl (C=O) groups excluding carboxylic acids is 2. The third-order valence-electron chi connectivity index (χ3n) is 6.82. The van der Waals surface area contributed by atoms with E-state index in [9.17, 15) is 9.59 Å². The van der Waals surface area contributed by atoms with Crippen LogP contribution in [0.3, 0.4) is 0 Å². The van der Waals surface area contributed by atoms with Gasteiger partial charge in [0.2, 0.25) is 11.8 Å². The van der Waals surface area contributed by atoms with Crippen molar-refractivity contribution in [1.82, 2.24) is 0 Å². The van der Waals surface area contributed by atoms with E-state index < -0.39 is 5.38 Å². The van der Waals surface area contributed by atoms with Crippen LogP contribution in [0.5, 0.6) is 0 Å². The number of halogens is 2. The number of benzene rings is 2. The van der Waals surface area contributed by atoms with Gasteiger partial charge in [-0.25, -0.2) is 0 Å². The summed E-state index contributed by atoms with van der Waals surface area (Å²) in [4.78, 5) is 28.4. The van der Waals surface area contributed by atoms with Gasteiger partial charge in [0.1, 0.15) is 11.3 Å². The Morgan fingerprint density at radius 3 is 1.69 bits per heavy atom. The van der Waals surface area contributed by atoms with Crippen LogP contribution in [0.25, 0.3) is 0 Å². The lowest BCUT2D eigenvalue weighted by atomic mass is 10.0. The minimum absolute atomic E-state index is 0.00498. The van der Waals surface area contributed by atoms with Gasteiger partial charge in [0.15, 0.2) is 0 Å². The van der Waals surface area contributed by atoms with Gasteiger partial charge < -0.3 is 19.3 Å². The second-order valence-electron chi connectivity index (χ2n) is 9.88. The lowest BCUT2D eigenvalue weighted by molar-refractivity contribution is -0.118. The smallest absolute Gasteiger partial charge is 0.245 e. The van der Waals surface area contributed by atoms with E-state index in [0.29, 0.717) is 32.7 Å². The topological polar surface area (TPSA) is 59.1 Å². The largest absolute Gasteiger partial charge is 0.380 e. The predicted molar refractivity (Wildman–Crippen MR) is 179 cm³/mol. The van der Waals surface area contributed by atoms with E-state index in [1.54, 1.807) is 9.80 Å². The monoisotopic (exact) mass is 622 g/mol. The minimum atomic E-state index is -0.485. The standard InChI is InChI=1S/2C17H26ClNO2/c1-4-11-21-12-10-19(16(20)13-18)17-14(5-2)8-7-9-15(17)6-3;1-4-12-21-13-11-19(17(20)15(18)6-3)16-10-8-7-9-14(16)5-2/h7-9H,4-6,10-13H2,1-3H3;7-10,15H,4-6,11-13H2,1-3H3. The molecule has 2 aromatic rings. The number of ether oxygens (including phenoxy) is 2. The van der Waals surface area contributed by atoms with Gasteiger partial charge in [-0.1, -0.05) is 77.9 Å². The Kier molecular flexibility index (Phi) is 20.2. The molecule has 0 N–H and O–H groups in total. The number of hydrogen-bond acceptors (Lipinski definition) is 4. The summed E-state index contributed by atoms with van der Waals surface area (Å²) in [6.45, 7) is 16.0. The van der Waals surface area contributed by atoms with E-state index in [4.69, 9.17) is 32.7 Å². The maximum atomic E-state index is 12.5. The van der Waals surface area contributed by atoms with Gasteiger partial charge in [-0.15, -0.1) is 23.2 Å². The molecule has 0 spiro atoms. The van der Waals surface area contributed by atoms with Crippen molar-refractivity contribution in [3.63, 3.8) is 0 Å². The number of anilines is 2. The maximum absolute atomic E-state index is 12.5. The fourth-order valence-electron chi connectivity index (χ4n) is 4.57. The van der Waals surface area contributed by atoms with Crippen LogP contribution < -0.4 is 9.80 Å². The Bertz CT molecular complexity index is 1030. The first-order valence-corrected chi connectivity index (χ1v) is 16.5. The Balaban J connectivity index is 0.000000420. The SMILES string of the molecule is CCCOCCN(C(=O)C(Cl)CC)c1ccccc1CC.CCCOCCN(C(=O)CCl)c1c(CC)cccc1CC. The molecule has 0 aromatic heterocycles. The van der Waals surface area contributed by atoms with Crippen molar-refractivity contribution >= 4 is 46.4 Å². The summed E-state index contributed by atoms with van der Waals surface area (Å²) in [5, 5.41) is -0.485. The van der Waals surface area contributed by atoms with Gasteiger partial charge in [0, 0.05) is 32.0 Å². The highest BCUT2D eigenvalue weighted by molar-refractivity contribution is 6.32. The molecule has 6 nitrogen and oxygen atoms in total. The number of hydrogen-bond donors (Lipinski definition) is 0. The normalized spacial score (nSPS) is 11.4. The Morgan fingerprint density at radius 1 is 0.714 bits per heavy atom. The van der Waals surface area contributed by atoms with Crippen molar-refractivity contribution in [1.29, 1.82) is 0 Å². The highest BCUT2D eigenvalue weighted by Crippen LogP contribution is 2.27. The molecule has 2 amide bonds. The average Bonchev–Trinajstić information content (AvgIpc) is 3.03. The number of alkyl halides is 2. The third-order valence-corrected chi connectivity index (χ3v) is 7.55. The van der Waals surface area contributed by atoms with Crippen molar-refractivity contribution in [3.8, 4) is 0 Å². The summed E-state index contributed by atoms with van der Waals surface area (Å²) in [6.07, 6.45) is 5.26. The Hall–Kier alpha value is -2.12. The van der Waals surface area contributed by atoms with Gasteiger partial charge in [0.05, 0.1) is 18.9 Å². The fourth-order valence-corrected chi connectivity index (χ4v) is 4.83. The maximum Gasteiger partial charge on any atom is 0.245 e. The van der Waals surface area contributed by atoms with Gasteiger partial charge >= 0.3 is 0 Å². The average molecular weight is 624 g/mol. The third kappa shape index (κ3) is 12.2. The molecule has 0 saturated carbocycles. The zero-order valence-electron chi connectivity index (χ0n) is 26.6. The summed E-state index contributed by atoms with van der Waals surface area (Å²) >= 11 is 12.0. The summed E-state index contributed by atoms with van der Waals surface area (Å²) in [5.74, 6) is -0.109. The zero-order valence-corrected chi connectivity index (χ0v) is 28.1. The van der Waals surface area contributed by atoms with Gasteiger partial charge in [-0.05, 0) is 61.3 Å². The molecule has 2 aromatic carbocycles. The number of amides is 2. The van der Waals surface area contributed by atoms with Crippen molar-refractivity contribution in [2.75, 3.05) is 55.2 Å². The summed E-state index contributed by atoms with van der Waals surface area (Å²) in [5.41, 5.74) is 5.49. The van der Waals surface area contributed by atoms with Crippen molar-refractivity contribution in [2.24, 2.45) is 0 Å². The summed E-state index contributed by atoms with van der Waals surface area (Å²) in [6, 6.07) is 14.2. The van der Waals surface area contributed by atoms with Crippen molar-refractivity contribution in [3.05, 3.63) is 59.2 Å². The predicted octanol–water partition coefficient (Wildman–Crippen LogP) is 7.84. The van der Waals surface area contributed by atoms with Gasteiger partial charge in [-0.2, -0.15) is 0 Å². The first-order chi connectivity index (χ1) is 20.3. The molecule has 0 heterocycles. The van der Waals surface area contributed by atoms with Crippen LogP contribution in [0.4, 0.5) is 11.4 Å². The van der Waals surface area contributed by atoms with Crippen LogP contribution in [-0.2, 0) is 38.3 Å². The minimum Gasteiger partial charge on any atom is -0.380 e. The molecule has 236 valence electrons. The van der Waals surface area contributed by atoms with E-state index in [1.165, 1.54) is 11.1 Å². The van der Waals surface area contributed by atoms with Gasteiger partial charge in [-0.3, -0.25) is 9.59 Å². The quantitative estimate of drug-likeness (QED) is 0.125. The van der Waals surface area contributed by atoms with Crippen LogP contribution >= 0.6 is 23.2 Å². The molecule has 0 radical (unpaired) electrons. The van der Waals surface area contributed by atoms with Crippen molar-refractivity contribution < 1.29 is 19.1 Å². The van der Waals surface area contributed by atoms with Crippen LogP contribution in [0, 0.1) is 0 Å². The number of rotatable bonds is 18. The van der Waals surface area contributed by atoms with E-state index >= 15 is 0 Å². The summed E-state index contributed by atoms with van der Waals surface area (Å²) in [7, 11) is 0. The number of aryl methyl sites for hydroxylation is 3. The van der Waals surface area contributed by atoms with Gasteiger partial charge in [0.25, 0.3) is 0 Å². The molecule has 0 bridgehead atoms. The molecule has 0 aliphatic carbocycles. The number of nitrogens with zero attached hydrogens (tertiary/aromatic N) is 2. The van der Waals surface area contributed by atoms with Crippen LogP contribution in [0.2, 0.25) is 0 Å². The van der Waals surface area contributed by atoms with Crippen molar-refractivity contribution in [2.45, 2.75) is 85.4 Å². The lowest BCUT2D eigenvalue weighted by Gasteiger charge is -2.27.